The summed E-state index contributed by atoms with van der Waals surface area (Å²) in [5, 5.41) is 12.8. The van der Waals surface area contributed by atoms with Gasteiger partial charge in [0.05, 0.1) is 23.7 Å². The van der Waals surface area contributed by atoms with Crippen LogP contribution in [0.15, 0.2) is 43.0 Å². The molecule has 1 aliphatic rings. The van der Waals surface area contributed by atoms with E-state index in [0.717, 1.165) is 5.56 Å². The van der Waals surface area contributed by atoms with E-state index in [1.807, 2.05) is 18.2 Å². The van der Waals surface area contributed by atoms with Crippen molar-refractivity contribution in [2.45, 2.75) is 0 Å². The van der Waals surface area contributed by atoms with Crippen LogP contribution in [-0.4, -0.2) is 52.4 Å². The number of fused-ring (bicyclic) bond motifs is 1. The van der Waals surface area contributed by atoms with E-state index in [4.69, 9.17) is 9.47 Å². The van der Waals surface area contributed by atoms with Gasteiger partial charge in [-0.3, -0.25) is 14.9 Å². The zero-order chi connectivity index (χ0) is 18.5. The molecule has 2 aromatic heterocycles. The van der Waals surface area contributed by atoms with Crippen LogP contribution in [0, 0.1) is 0 Å². The molecular formula is C18H18N6O3. The minimum atomic E-state index is -0.213. The summed E-state index contributed by atoms with van der Waals surface area (Å²) in [7, 11) is 0. The van der Waals surface area contributed by atoms with Crippen molar-refractivity contribution in [3.63, 3.8) is 0 Å². The van der Waals surface area contributed by atoms with Crippen LogP contribution in [-0.2, 0) is 0 Å². The molecule has 1 amide bonds. The molecule has 4 rings (SSSR count). The Morgan fingerprint density at radius 3 is 2.85 bits per heavy atom. The monoisotopic (exact) mass is 366 g/mol. The maximum absolute atomic E-state index is 12.5. The molecule has 0 aliphatic carbocycles. The molecule has 0 bridgehead atoms. The van der Waals surface area contributed by atoms with Gasteiger partial charge in [-0.05, 0) is 18.2 Å². The van der Waals surface area contributed by atoms with Gasteiger partial charge in [-0.15, -0.1) is 0 Å². The van der Waals surface area contributed by atoms with Crippen LogP contribution in [0.4, 0.5) is 5.82 Å². The average molecular weight is 366 g/mol. The second kappa shape index (κ2) is 7.73. The Hall–Kier alpha value is -3.62. The number of nitrogens with one attached hydrogen (secondary N) is 3. The van der Waals surface area contributed by atoms with E-state index in [-0.39, 0.29) is 5.91 Å². The summed E-state index contributed by atoms with van der Waals surface area (Å²) < 4.78 is 11.1. The first kappa shape index (κ1) is 16.8. The van der Waals surface area contributed by atoms with E-state index < -0.39 is 0 Å². The highest BCUT2D eigenvalue weighted by Crippen LogP contribution is 2.34. The molecule has 3 N–H and O–H groups in total. The van der Waals surface area contributed by atoms with Crippen LogP contribution in [0.1, 0.15) is 10.4 Å². The second-order valence-corrected chi connectivity index (χ2v) is 5.79. The molecule has 0 radical (unpaired) electrons. The number of aromatic nitrogens is 4. The van der Waals surface area contributed by atoms with Crippen LogP contribution in [0.25, 0.3) is 11.3 Å². The number of carbonyl (C=O) groups is 1. The third-order valence-corrected chi connectivity index (χ3v) is 3.99. The number of aromatic amines is 1. The summed E-state index contributed by atoms with van der Waals surface area (Å²) in [5.41, 5.74) is 1.90. The van der Waals surface area contributed by atoms with Crippen molar-refractivity contribution < 1.29 is 14.3 Å². The van der Waals surface area contributed by atoms with E-state index in [1.54, 1.807) is 18.6 Å². The summed E-state index contributed by atoms with van der Waals surface area (Å²) in [6, 6.07) is 5.54. The Bertz CT molecular complexity index is 928. The number of nitrogens with zero attached hydrogens (tertiary/aromatic N) is 3. The summed E-state index contributed by atoms with van der Waals surface area (Å²) in [4.78, 5) is 20.6. The standard InChI is InChI=1S/C18H18N6O3/c25-18(22-6-5-21-16-11-19-3-4-20-16)13-10-23-24-17(13)12-1-2-14-15(9-12)27-8-7-26-14/h1-4,9-11H,5-8H2,(H,20,21)(H,22,25)(H,23,24). The third kappa shape index (κ3) is 3.81. The number of hydrogen-bond donors (Lipinski definition) is 3. The van der Waals surface area contributed by atoms with Gasteiger partial charge in [0, 0.05) is 31.0 Å². The SMILES string of the molecule is O=C(NCCNc1cnccn1)c1cn[nH]c1-c1ccc2c(c1)OCCO2. The lowest BCUT2D eigenvalue weighted by Crippen LogP contribution is -2.29. The number of amides is 1. The van der Waals surface area contributed by atoms with Crippen molar-refractivity contribution in [3.05, 3.63) is 48.5 Å². The largest absolute Gasteiger partial charge is 0.486 e. The molecule has 1 aromatic carbocycles. The third-order valence-electron chi connectivity index (χ3n) is 3.99. The van der Waals surface area contributed by atoms with Gasteiger partial charge in [0.25, 0.3) is 5.91 Å². The predicted molar refractivity (Wildman–Crippen MR) is 97.9 cm³/mol. The number of benzene rings is 1. The Kier molecular flexibility index (Phi) is 4.82. The minimum Gasteiger partial charge on any atom is -0.486 e. The first-order chi connectivity index (χ1) is 13.3. The second-order valence-electron chi connectivity index (χ2n) is 5.79. The van der Waals surface area contributed by atoms with E-state index >= 15 is 0 Å². The molecule has 0 saturated heterocycles. The summed E-state index contributed by atoms with van der Waals surface area (Å²) in [6.45, 7) is 2.00. The quantitative estimate of drug-likeness (QED) is 0.566. The topological polar surface area (TPSA) is 114 Å². The lowest BCUT2D eigenvalue weighted by molar-refractivity contribution is 0.0956. The summed E-state index contributed by atoms with van der Waals surface area (Å²) >= 11 is 0. The van der Waals surface area contributed by atoms with Crippen LogP contribution in [0.3, 0.4) is 0 Å². The van der Waals surface area contributed by atoms with Crippen molar-refractivity contribution in [3.8, 4) is 22.8 Å². The maximum atomic E-state index is 12.5. The molecule has 0 fully saturated rings. The number of H-pyrrole nitrogens is 1. The van der Waals surface area contributed by atoms with Crippen LogP contribution >= 0.6 is 0 Å². The fourth-order valence-corrected chi connectivity index (χ4v) is 2.73. The van der Waals surface area contributed by atoms with Crippen molar-refractivity contribution in [2.75, 3.05) is 31.6 Å². The maximum Gasteiger partial charge on any atom is 0.255 e. The van der Waals surface area contributed by atoms with Gasteiger partial charge in [0.2, 0.25) is 0 Å². The Morgan fingerprint density at radius 2 is 2.00 bits per heavy atom. The minimum absolute atomic E-state index is 0.213. The molecule has 0 atom stereocenters. The molecule has 27 heavy (non-hydrogen) atoms. The molecular weight excluding hydrogens is 348 g/mol. The van der Waals surface area contributed by atoms with Crippen molar-refractivity contribution in [2.24, 2.45) is 0 Å². The highest BCUT2D eigenvalue weighted by Gasteiger charge is 2.18. The Labute approximate surface area is 155 Å². The van der Waals surface area contributed by atoms with Crippen molar-refractivity contribution >= 4 is 11.7 Å². The van der Waals surface area contributed by atoms with Crippen LogP contribution in [0.5, 0.6) is 11.5 Å². The molecule has 3 heterocycles. The van der Waals surface area contributed by atoms with Crippen molar-refractivity contribution in [1.29, 1.82) is 0 Å². The number of carbonyl (C=O) groups excluding carboxylic acids is 1. The van der Waals surface area contributed by atoms with Gasteiger partial charge >= 0.3 is 0 Å². The fourth-order valence-electron chi connectivity index (χ4n) is 2.73. The van der Waals surface area contributed by atoms with Crippen molar-refractivity contribution in [1.82, 2.24) is 25.5 Å². The highest BCUT2D eigenvalue weighted by atomic mass is 16.6. The van der Waals surface area contributed by atoms with E-state index in [1.165, 1.54) is 6.20 Å². The van der Waals surface area contributed by atoms with Gasteiger partial charge < -0.3 is 20.1 Å². The Balaban J connectivity index is 1.40. The van der Waals surface area contributed by atoms with E-state index in [9.17, 15) is 4.79 Å². The normalized spacial score (nSPS) is 12.4. The lowest BCUT2D eigenvalue weighted by Gasteiger charge is -2.18. The number of anilines is 1. The smallest absolute Gasteiger partial charge is 0.255 e. The molecule has 138 valence electrons. The van der Waals surface area contributed by atoms with E-state index in [0.29, 0.717) is 54.9 Å². The molecule has 9 heteroatoms. The molecule has 1 aliphatic heterocycles. The van der Waals surface area contributed by atoms with Gasteiger partial charge in [-0.2, -0.15) is 5.10 Å². The molecule has 0 unspecified atom stereocenters. The van der Waals surface area contributed by atoms with Gasteiger partial charge in [-0.1, -0.05) is 0 Å². The molecule has 3 aromatic rings. The molecule has 0 saturated carbocycles. The number of hydrogen-bond acceptors (Lipinski definition) is 7. The summed E-state index contributed by atoms with van der Waals surface area (Å²) in [5.74, 6) is 1.81. The highest BCUT2D eigenvalue weighted by molar-refractivity contribution is 5.99. The molecule has 9 nitrogen and oxygen atoms in total. The average Bonchev–Trinajstić information content (AvgIpc) is 3.21. The zero-order valence-electron chi connectivity index (χ0n) is 14.4. The van der Waals surface area contributed by atoms with Gasteiger partial charge in [-0.25, -0.2) is 4.98 Å². The number of rotatable bonds is 6. The Morgan fingerprint density at radius 1 is 1.11 bits per heavy atom. The summed E-state index contributed by atoms with van der Waals surface area (Å²) in [6.07, 6.45) is 6.34. The zero-order valence-corrected chi connectivity index (χ0v) is 14.4. The first-order valence-electron chi connectivity index (χ1n) is 8.53. The van der Waals surface area contributed by atoms with Gasteiger partial charge in [0.1, 0.15) is 19.0 Å². The van der Waals surface area contributed by atoms with Gasteiger partial charge in [0.15, 0.2) is 11.5 Å². The fraction of sp³-hybridized carbons (Fsp3) is 0.222. The van der Waals surface area contributed by atoms with Crippen LogP contribution in [0.2, 0.25) is 0 Å². The van der Waals surface area contributed by atoms with Crippen LogP contribution < -0.4 is 20.1 Å². The molecule has 0 spiro atoms. The predicted octanol–water partition coefficient (Wildman–Crippen LogP) is 1.48. The lowest BCUT2D eigenvalue weighted by atomic mass is 10.1. The van der Waals surface area contributed by atoms with E-state index in [2.05, 4.69) is 30.8 Å². The number of ether oxygens (including phenoxy) is 2. The first-order valence-corrected chi connectivity index (χ1v) is 8.53.